The maximum absolute atomic E-state index is 9.59. The molecule has 0 spiro atoms. The Balaban J connectivity index is 3.12. The highest BCUT2D eigenvalue weighted by Crippen LogP contribution is 2.32. The number of rotatable bonds is 2. The average molecular weight is 309 g/mol. The van der Waals surface area contributed by atoms with Gasteiger partial charge in [-0.05, 0) is 47.2 Å². The third kappa shape index (κ3) is 2.28. The first-order valence-electron chi connectivity index (χ1n) is 4.08. The molecule has 0 amide bonds. The zero-order valence-electron chi connectivity index (χ0n) is 7.61. The highest BCUT2D eigenvalue weighted by atomic mass is 127. The van der Waals surface area contributed by atoms with Crippen molar-refractivity contribution in [3.63, 3.8) is 0 Å². The summed E-state index contributed by atoms with van der Waals surface area (Å²) in [7, 11) is 0. The van der Waals surface area contributed by atoms with Crippen LogP contribution in [0.3, 0.4) is 0 Å². The van der Waals surface area contributed by atoms with Gasteiger partial charge in [-0.2, -0.15) is 0 Å². The maximum Gasteiger partial charge on any atom is 0.133 e. The number of benzene rings is 1. The molecule has 0 fully saturated rings. The van der Waals surface area contributed by atoms with Crippen molar-refractivity contribution in [3.05, 3.63) is 21.3 Å². The third-order valence-electron chi connectivity index (χ3n) is 1.90. The molecule has 0 radical (unpaired) electrons. The van der Waals surface area contributed by atoms with Gasteiger partial charge >= 0.3 is 0 Å². The topological polar surface area (TPSA) is 86.7 Å². The molecule has 5 N–H and O–H groups in total. The van der Waals surface area contributed by atoms with Crippen LogP contribution in [-0.4, -0.2) is 21.4 Å². The largest absolute Gasteiger partial charge is 0.507 e. The number of phenols is 2. The molecule has 1 aromatic carbocycles. The van der Waals surface area contributed by atoms with Crippen LogP contribution in [0.5, 0.6) is 11.5 Å². The zero-order valence-corrected chi connectivity index (χ0v) is 9.76. The van der Waals surface area contributed by atoms with Gasteiger partial charge < -0.3 is 21.1 Å². The predicted octanol–water partition coefficient (Wildman–Crippen LogP) is 1.08. The average Bonchev–Trinajstić information content (AvgIpc) is 2.12. The summed E-state index contributed by atoms with van der Waals surface area (Å²) in [6, 6.07) is 2.35. The Morgan fingerprint density at radius 1 is 1.29 bits per heavy atom. The van der Waals surface area contributed by atoms with E-state index in [-0.39, 0.29) is 11.5 Å². The fourth-order valence-electron chi connectivity index (χ4n) is 1.09. The molecule has 0 heterocycles. The number of aromatic hydroxyl groups is 2. The molecular formula is C9H12INO3. The van der Waals surface area contributed by atoms with Crippen molar-refractivity contribution in [2.45, 2.75) is 19.1 Å². The van der Waals surface area contributed by atoms with E-state index in [2.05, 4.69) is 0 Å². The third-order valence-corrected chi connectivity index (χ3v) is 3.00. The summed E-state index contributed by atoms with van der Waals surface area (Å²) in [6.45, 7) is 1.65. The van der Waals surface area contributed by atoms with Crippen molar-refractivity contribution in [2.24, 2.45) is 5.73 Å². The Morgan fingerprint density at radius 3 is 2.07 bits per heavy atom. The van der Waals surface area contributed by atoms with Gasteiger partial charge in [0, 0.05) is 6.04 Å². The SMILES string of the molecule is CC(N)C(O)c1cc(O)c(I)c(O)c1. The summed E-state index contributed by atoms with van der Waals surface area (Å²) in [5, 5.41) is 28.4. The van der Waals surface area contributed by atoms with E-state index in [4.69, 9.17) is 5.73 Å². The van der Waals surface area contributed by atoms with Crippen LogP contribution in [0, 0.1) is 3.57 Å². The number of aliphatic hydroxyl groups is 1. The highest BCUT2D eigenvalue weighted by Gasteiger charge is 2.16. The van der Waals surface area contributed by atoms with Gasteiger partial charge in [-0.1, -0.05) is 0 Å². The predicted molar refractivity (Wildman–Crippen MR) is 61.1 cm³/mol. The molecule has 1 rings (SSSR count). The fourth-order valence-corrected chi connectivity index (χ4v) is 1.40. The van der Waals surface area contributed by atoms with Crippen LogP contribution in [0.4, 0.5) is 0 Å². The standard InChI is InChI=1S/C9H12INO3/c1-4(11)9(14)5-2-6(12)8(10)7(13)3-5/h2-4,9,12-14H,11H2,1H3. The van der Waals surface area contributed by atoms with Gasteiger partial charge in [0.25, 0.3) is 0 Å². The van der Waals surface area contributed by atoms with E-state index >= 15 is 0 Å². The summed E-state index contributed by atoms with van der Waals surface area (Å²) in [5.74, 6) is -0.111. The molecule has 5 heteroatoms. The number of phenolic OH excluding ortho intramolecular Hbond substituents is 2. The normalized spacial score (nSPS) is 15.1. The molecular weight excluding hydrogens is 297 g/mol. The number of hydrogen-bond acceptors (Lipinski definition) is 4. The Hall–Kier alpha value is -0.530. The van der Waals surface area contributed by atoms with Gasteiger partial charge in [-0.15, -0.1) is 0 Å². The Morgan fingerprint density at radius 2 is 1.71 bits per heavy atom. The number of nitrogens with two attached hydrogens (primary N) is 1. The van der Waals surface area contributed by atoms with E-state index in [9.17, 15) is 15.3 Å². The lowest BCUT2D eigenvalue weighted by molar-refractivity contribution is 0.152. The van der Waals surface area contributed by atoms with Gasteiger partial charge in [-0.3, -0.25) is 0 Å². The Labute approximate surface area is 95.5 Å². The minimum atomic E-state index is -0.885. The Bertz CT molecular complexity index is 318. The molecule has 4 nitrogen and oxygen atoms in total. The molecule has 14 heavy (non-hydrogen) atoms. The summed E-state index contributed by atoms with van der Waals surface area (Å²) >= 11 is 1.81. The molecule has 2 unspecified atom stereocenters. The molecule has 0 saturated heterocycles. The van der Waals surface area contributed by atoms with Crippen LogP contribution in [-0.2, 0) is 0 Å². The summed E-state index contributed by atoms with van der Waals surface area (Å²) in [4.78, 5) is 0. The van der Waals surface area contributed by atoms with E-state index in [1.807, 2.05) is 22.6 Å². The quantitative estimate of drug-likeness (QED) is 0.616. The molecule has 2 atom stereocenters. The van der Waals surface area contributed by atoms with Crippen molar-refractivity contribution >= 4 is 22.6 Å². The minimum absolute atomic E-state index is 0.0553. The second-order valence-electron chi connectivity index (χ2n) is 3.18. The highest BCUT2D eigenvalue weighted by molar-refractivity contribution is 14.1. The molecule has 78 valence electrons. The van der Waals surface area contributed by atoms with E-state index in [1.54, 1.807) is 6.92 Å². The molecule has 0 aromatic heterocycles. The monoisotopic (exact) mass is 309 g/mol. The van der Waals surface area contributed by atoms with Crippen molar-refractivity contribution in [3.8, 4) is 11.5 Å². The van der Waals surface area contributed by atoms with Crippen LogP contribution < -0.4 is 5.73 Å². The van der Waals surface area contributed by atoms with Gasteiger partial charge in [0.2, 0.25) is 0 Å². The zero-order chi connectivity index (χ0) is 10.9. The smallest absolute Gasteiger partial charge is 0.133 e. The van der Waals surface area contributed by atoms with Crippen LogP contribution in [0.15, 0.2) is 12.1 Å². The minimum Gasteiger partial charge on any atom is -0.507 e. The summed E-state index contributed by atoms with van der Waals surface area (Å²) < 4.78 is 0.364. The van der Waals surface area contributed by atoms with Crippen LogP contribution in [0.25, 0.3) is 0 Å². The fraction of sp³-hybridized carbons (Fsp3) is 0.333. The molecule has 0 bridgehead atoms. The second-order valence-corrected chi connectivity index (χ2v) is 4.26. The number of aliphatic hydroxyl groups excluding tert-OH is 1. The number of halogens is 1. The first-order valence-corrected chi connectivity index (χ1v) is 5.16. The van der Waals surface area contributed by atoms with Gasteiger partial charge in [-0.25, -0.2) is 0 Å². The van der Waals surface area contributed by atoms with Crippen molar-refractivity contribution in [1.29, 1.82) is 0 Å². The van der Waals surface area contributed by atoms with Crippen molar-refractivity contribution < 1.29 is 15.3 Å². The first kappa shape index (κ1) is 11.5. The maximum atomic E-state index is 9.59. The molecule has 1 aromatic rings. The van der Waals surface area contributed by atoms with Crippen LogP contribution >= 0.6 is 22.6 Å². The van der Waals surface area contributed by atoms with Gasteiger partial charge in [0.05, 0.1) is 9.67 Å². The van der Waals surface area contributed by atoms with E-state index in [1.165, 1.54) is 12.1 Å². The van der Waals surface area contributed by atoms with Crippen molar-refractivity contribution in [2.75, 3.05) is 0 Å². The van der Waals surface area contributed by atoms with Crippen LogP contribution in [0.2, 0.25) is 0 Å². The summed E-state index contributed by atoms with van der Waals surface area (Å²) in [5.41, 5.74) is 5.90. The number of hydrogen-bond donors (Lipinski definition) is 4. The van der Waals surface area contributed by atoms with E-state index in [0.29, 0.717) is 9.13 Å². The Kier molecular flexibility index (Phi) is 3.57. The molecule has 0 aliphatic carbocycles. The van der Waals surface area contributed by atoms with Crippen LogP contribution in [0.1, 0.15) is 18.6 Å². The molecule has 0 saturated carbocycles. The lowest BCUT2D eigenvalue weighted by Crippen LogP contribution is -2.24. The molecule has 0 aliphatic rings. The lowest BCUT2D eigenvalue weighted by atomic mass is 10.0. The molecule has 0 aliphatic heterocycles. The first-order chi connectivity index (χ1) is 6.43. The second kappa shape index (κ2) is 4.33. The lowest BCUT2D eigenvalue weighted by Gasteiger charge is -2.15. The van der Waals surface area contributed by atoms with E-state index in [0.717, 1.165) is 0 Å². The van der Waals surface area contributed by atoms with E-state index < -0.39 is 12.1 Å². The van der Waals surface area contributed by atoms with Crippen molar-refractivity contribution in [1.82, 2.24) is 0 Å². The summed E-state index contributed by atoms with van der Waals surface area (Å²) in [6.07, 6.45) is -0.885. The van der Waals surface area contributed by atoms with Gasteiger partial charge in [0.15, 0.2) is 0 Å². The van der Waals surface area contributed by atoms with Gasteiger partial charge in [0.1, 0.15) is 11.5 Å².